The van der Waals surface area contributed by atoms with Gasteiger partial charge < -0.3 is 15.2 Å². The standard InChI is InChI=1S/C18H19F2NO2.ClH/c19-14-6-7-17(20)15(10-14)18(12-21-8-9-23-18)16(11-22)13-4-2-1-3-5-13;/h1-7,10,16,21-22H,8-9,11-12H2;1H. The summed E-state index contributed by atoms with van der Waals surface area (Å²) in [5.74, 6) is -1.57. The number of benzene rings is 2. The topological polar surface area (TPSA) is 41.5 Å². The number of hydrogen-bond donors (Lipinski definition) is 2. The van der Waals surface area contributed by atoms with E-state index in [0.717, 1.165) is 23.8 Å². The van der Waals surface area contributed by atoms with Gasteiger partial charge in [0, 0.05) is 24.6 Å². The Morgan fingerprint density at radius 3 is 2.54 bits per heavy atom. The fourth-order valence-corrected chi connectivity index (χ4v) is 3.24. The van der Waals surface area contributed by atoms with Crippen LogP contribution in [0.25, 0.3) is 0 Å². The molecule has 3 nitrogen and oxygen atoms in total. The average Bonchev–Trinajstić information content (AvgIpc) is 2.59. The molecule has 0 aromatic heterocycles. The number of rotatable bonds is 4. The summed E-state index contributed by atoms with van der Waals surface area (Å²) >= 11 is 0. The summed E-state index contributed by atoms with van der Waals surface area (Å²) in [4.78, 5) is 0. The van der Waals surface area contributed by atoms with E-state index >= 15 is 0 Å². The van der Waals surface area contributed by atoms with Crippen LogP contribution < -0.4 is 5.32 Å². The van der Waals surface area contributed by atoms with Gasteiger partial charge in [0.2, 0.25) is 0 Å². The normalized spacial score (nSPS) is 21.8. The lowest BCUT2D eigenvalue weighted by atomic mass is 9.76. The van der Waals surface area contributed by atoms with E-state index in [-0.39, 0.29) is 24.6 Å². The third-order valence-corrected chi connectivity index (χ3v) is 4.36. The zero-order valence-electron chi connectivity index (χ0n) is 13.0. The predicted molar refractivity (Wildman–Crippen MR) is 90.4 cm³/mol. The van der Waals surface area contributed by atoms with Gasteiger partial charge in [0.05, 0.1) is 13.2 Å². The van der Waals surface area contributed by atoms with Crippen LogP contribution in [0.1, 0.15) is 17.0 Å². The smallest absolute Gasteiger partial charge is 0.129 e. The van der Waals surface area contributed by atoms with Crippen LogP contribution in [0.5, 0.6) is 0 Å². The predicted octanol–water partition coefficient (Wildman–Crippen LogP) is 2.98. The molecule has 0 amide bonds. The van der Waals surface area contributed by atoms with Crippen molar-refractivity contribution in [2.45, 2.75) is 11.5 Å². The van der Waals surface area contributed by atoms with E-state index in [0.29, 0.717) is 19.7 Å². The fraction of sp³-hybridized carbons (Fsp3) is 0.333. The zero-order valence-corrected chi connectivity index (χ0v) is 13.9. The number of nitrogens with one attached hydrogen (secondary N) is 1. The van der Waals surface area contributed by atoms with Gasteiger partial charge in [-0.05, 0) is 23.8 Å². The first-order valence-electron chi connectivity index (χ1n) is 7.63. The first kappa shape index (κ1) is 18.8. The van der Waals surface area contributed by atoms with Crippen molar-refractivity contribution in [3.8, 4) is 0 Å². The van der Waals surface area contributed by atoms with Gasteiger partial charge in [-0.15, -0.1) is 12.4 Å². The van der Waals surface area contributed by atoms with E-state index < -0.39 is 23.2 Å². The summed E-state index contributed by atoms with van der Waals surface area (Å²) in [5.41, 5.74) is -0.199. The van der Waals surface area contributed by atoms with Crippen LogP contribution in [-0.4, -0.2) is 31.4 Å². The summed E-state index contributed by atoms with van der Waals surface area (Å²) in [6, 6.07) is 12.6. The van der Waals surface area contributed by atoms with Crippen molar-refractivity contribution in [2.75, 3.05) is 26.3 Å². The highest BCUT2D eigenvalue weighted by atomic mass is 35.5. The third-order valence-electron chi connectivity index (χ3n) is 4.36. The summed E-state index contributed by atoms with van der Waals surface area (Å²) < 4.78 is 34.2. The van der Waals surface area contributed by atoms with Crippen molar-refractivity contribution in [1.82, 2.24) is 5.32 Å². The van der Waals surface area contributed by atoms with Crippen LogP contribution >= 0.6 is 12.4 Å². The SMILES string of the molecule is Cl.OCC(c1ccccc1)C1(c2cc(F)ccc2F)CNCCO1. The largest absolute Gasteiger partial charge is 0.396 e. The molecule has 0 saturated carbocycles. The molecule has 2 unspecified atom stereocenters. The second-order valence-corrected chi connectivity index (χ2v) is 5.68. The van der Waals surface area contributed by atoms with Crippen molar-refractivity contribution in [3.63, 3.8) is 0 Å². The molecule has 0 radical (unpaired) electrons. The molecule has 3 rings (SSSR count). The van der Waals surface area contributed by atoms with Crippen molar-refractivity contribution >= 4 is 12.4 Å². The summed E-state index contributed by atoms with van der Waals surface area (Å²) in [6.45, 7) is 1.06. The van der Waals surface area contributed by atoms with E-state index in [9.17, 15) is 13.9 Å². The van der Waals surface area contributed by atoms with Crippen molar-refractivity contribution in [2.24, 2.45) is 0 Å². The number of halogens is 3. The highest BCUT2D eigenvalue weighted by molar-refractivity contribution is 5.85. The maximum absolute atomic E-state index is 14.5. The Morgan fingerprint density at radius 1 is 1.17 bits per heavy atom. The van der Waals surface area contributed by atoms with Gasteiger partial charge in [0.15, 0.2) is 0 Å². The molecule has 0 aliphatic carbocycles. The van der Waals surface area contributed by atoms with Gasteiger partial charge in [0.1, 0.15) is 17.2 Å². The minimum absolute atomic E-state index is 0. The number of aliphatic hydroxyl groups excluding tert-OH is 1. The van der Waals surface area contributed by atoms with Crippen LogP contribution in [-0.2, 0) is 10.3 Å². The summed E-state index contributed by atoms with van der Waals surface area (Å²) in [6.07, 6.45) is 0. The molecule has 0 spiro atoms. The number of hydrogen-bond acceptors (Lipinski definition) is 3. The van der Waals surface area contributed by atoms with E-state index in [1.54, 1.807) is 0 Å². The molecular weight excluding hydrogens is 336 g/mol. The molecule has 1 aliphatic heterocycles. The van der Waals surface area contributed by atoms with Gasteiger partial charge in [-0.25, -0.2) is 8.78 Å². The summed E-state index contributed by atoms with van der Waals surface area (Å²) in [5, 5.41) is 13.2. The van der Waals surface area contributed by atoms with Gasteiger partial charge in [-0.2, -0.15) is 0 Å². The van der Waals surface area contributed by atoms with E-state index in [2.05, 4.69) is 5.32 Å². The molecule has 2 aromatic rings. The van der Waals surface area contributed by atoms with Crippen LogP contribution in [0, 0.1) is 11.6 Å². The lowest BCUT2D eigenvalue weighted by Crippen LogP contribution is -2.52. The van der Waals surface area contributed by atoms with E-state index in [1.807, 2.05) is 30.3 Å². The van der Waals surface area contributed by atoms with Crippen LogP contribution in [0.2, 0.25) is 0 Å². The number of ether oxygens (including phenoxy) is 1. The molecular formula is C18H20ClF2NO2. The van der Waals surface area contributed by atoms with E-state index in [1.165, 1.54) is 0 Å². The molecule has 6 heteroatoms. The summed E-state index contributed by atoms with van der Waals surface area (Å²) in [7, 11) is 0. The Morgan fingerprint density at radius 2 is 1.92 bits per heavy atom. The second kappa shape index (κ2) is 8.03. The maximum atomic E-state index is 14.5. The molecule has 2 atom stereocenters. The lowest BCUT2D eigenvalue weighted by Gasteiger charge is -2.43. The van der Waals surface area contributed by atoms with Gasteiger partial charge in [0.25, 0.3) is 0 Å². The van der Waals surface area contributed by atoms with Crippen molar-refractivity contribution < 1.29 is 18.6 Å². The van der Waals surface area contributed by atoms with Gasteiger partial charge in [-0.1, -0.05) is 30.3 Å². The molecule has 24 heavy (non-hydrogen) atoms. The molecule has 1 saturated heterocycles. The van der Waals surface area contributed by atoms with Crippen molar-refractivity contribution in [3.05, 3.63) is 71.3 Å². The average molecular weight is 356 g/mol. The zero-order chi connectivity index (χ0) is 16.3. The Labute approximate surface area is 146 Å². The Bertz CT molecular complexity index is 663. The highest BCUT2D eigenvalue weighted by Crippen LogP contribution is 2.42. The first-order chi connectivity index (χ1) is 11.2. The monoisotopic (exact) mass is 355 g/mol. The Hall–Kier alpha value is -1.53. The van der Waals surface area contributed by atoms with E-state index in [4.69, 9.17) is 4.74 Å². The second-order valence-electron chi connectivity index (χ2n) is 5.68. The lowest BCUT2D eigenvalue weighted by molar-refractivity contribution is -0.101. The molecule has 2 aromatic carbocycles. The first-order valence-corrected chi connectivity index (χ1v) is 7.63. The minimum atomic E-state index is -1.15. The molecule has 2 N–H and O–H groups in total. The van der Waals surface area contributed by atoms with Crippen LogP contribution in [0.4, 0.5) is 8.78 Å². The molecule has 0 bridgehead atoms. The Kier molecular flexibility index (Phi) is 6.29. The van der Waals surface area contributed by atoms with Crippen LogP contribution in [0.3, 0.4) is 0 Å². The van der Waals surface area contributed by atoms with Crippen LogP contribution in [0.15, 0.2) is 48.5 Å². The maximum Gasteiger partial charge on any atom is 0.129 e. The third kappa shape index (κ3) is 3.44. The molecule has 130 valence electrons. The quantitative estimate of drug-likeness (QED) is 0.886. The molecule has 1 heterocycles. The highest BCUT2D eigenvalue weighted by Gasteiger charge is 2.45. The molecule has 1 fully saturated rings. The minimum Gasteiger partial charge on any atom is -0.396 e. The Balaban J connectivity index is 0.00000208. The van der Waals surface area contributed by atoms with Crippen molar-refractivity contribution in [1.29, 1.82) is 0 Å². The van der Waals surface area contributed by atoms with Gasteiger partial charge >= 0.3 is 0 Å². The number of morpholine rings is 1. The van der Waals surface area contributed by atoms with Gasteiger partial charge in [-0.3, -0.25) is 0 Å². The molecule has 1 aliphatic rings. The number of aliphatic hydroxyl groups is 1. The fourth-order valence-electron chi connectivity index (χ4n) is 3.24.